The molecule has 1 unspecified atom stereocenters. The number of hydrogen-bond acceptors (Lipinski definition) is 3. The van der Waals surface area contributed by atoms with Gasteiger partial charge in [0.2, 0.25) is 5.91 Å². The van der Waals surface area contributed by atoms with E-state index in [1.807, 2.05) is 18.7 Å². The van der Waals surface area contributed by atoms with Crippen molar-refractivity contribution in [2.75, 3.05) is 0 Å². The van der Waals surface area contributed by atoms with Crippen LogP contribution in [0.3, 0.4) is 0 Å². The first kappa shape index (κ1) is 21.9. The number of benzene rings is 2. The number of piperidine rings is 1. The second-order valence-electron chi connectivity index (χ2n) is 9.11. The number of rotatable bonds is 6. The van der Waals surface area contributed by atoms with Crippen LogP contribution in [-0.2, 0) is 9.53 Å². The van der Waals surface area contributed by atoms with Gasteiger partial charge in [0, 0.05) is 12.1 Å². The van der Waals surface area contributed by atoms with Crippen molar-refractivity contribution in [2.45, 2.75) is 69.9 Å². The average molecular weight is 429 g/mol. The summed E-state index contributed by atoms with van der Waals surface area (Å²) in [7, 11) is 0. The Morgan fingerprint density at radius 3 is 1.81 bits per heavy atom. The number of ether oxygens (including phenoxy) is 1. The maximum atomic E-state index is 13.5. The van der Waals surface area contributed by atoms with Crippen molar-refractivity contribution in [3.63, 3.8) is 0 Å². The van der Waals surface area contributed by atoms with Crippen molar-refractivity contribution in [1.29, 1.82) is 0 Å². The summed E-state index contributed by atoms with van der Waals surface area (Å²) < 4.78 is 33.5. The van der Waals surface area contributed by atoms with Crippen LogP contribution in [0.1, 0.15) is 56.8 Å². The van der Waals surface area contributed by atoms with Crippen LogP contribution in [0.4, 0.5) is 8.78 Å². The average Bonchev–Trinajstić information content (AvgIpc) is 3.02. The van der Waals surface area contributed by atoms with Gasteiger partial charge < -0.3 is 15.4 Å². The standard InChI is InChI=1S/C25H30F2N2O2/c1-15(2)23(28)25(30)29-20-11-12-21(29)14-22(13-20)31-24(16-3-7-18(26)8-4-16)17-5-9-19(27)10-6-17/h3-10,15,20-24H,11-14,28H2,1-2H3/t20-,21+,22?,23-/m0/s1. The van der Waals surface area contributed by atoms with Crippen LogP contribution >= 0.6 is 0 Å². The molecule has 2 aliphatic rings. The topological polar surface area (TPSA) is 55.6 Å². The molecular formula is C25H30F2N2O2. The zero-order chi connectivity index (χ0) is 22.1. The highest BCUT2D eigenvalue weighted by molar-refractivity contribution is 5.83. The van der Waals surface area contributed by atoms with E-state index in [0.717, 1.165) is 36.8 Å². The first-order valence-corrected chi connectivity index (χ1v) is 11.1. The summed E-state index contributed by atoms with van der Waals surface area (Å²) in [5.74, 6) is -0.488. The van der Waals surface area contributed by atoms with Crippen LogP contribution < -0.4 is 5.73 Å². The van der Waals surface area contributed by atoms with Crippen LogP contribution in [0.15, 0.2) is 48.5 Å². The Morgan fingerprint density at radius 1 is 0.935 bits per heavy atom. The lowest BCUT2D eigenvalue weighted by Gasteiger charge is -2.41. The molecule has 2 fully saturated rings. The third kappa shape index (κ3) is 4.65. The summed E-state index contributed by atoms with van der Waals surface area (Å²) in [6.45, 7) is 3.94. The molecule has 1 amide bonds. The summed E-state index contributed by atoms with van der Waals surface area (Å²) in [5, 5.41) is 0. The predicted octanol–water partition coefficient (Wildman–Crippen LogP) is 4.58. The molecule has 2 aromatic rings. The fraction of sp³-hybridized carbons (Fsp3) is 0.480. The van der Waals surface area contributed by atoms with E-state index in [0.29, 0.717) is 0 Å². The molecule has 2 heterocycles. The van der Waals surface area contributed by atoms with E-state index in [1.54, 1.807) is 24.3 Å². The predicted molar refractivity (Wildman–Crippen MR) is 115 cm³/mol. The smallest absolute Gasteiger partial charge is 0.240 e. The minimum absolute atomic E-state index is 0.0366. The van der Waals surface area contributed by atoms with Gasteiger partial charge in [-0.1, -0.05) is 38.1 Å². The molecule has 4 rings (SSSR count). The minimum Gasteiger partial charge on any atom is -0.365 e. The summed E-state index contributed by atoms with van der Waals surface area (Å²) >= 11 is 0. The van der Waals surface area contributed by atoms with E-state index < -0.39 is 12.1 Å². The lowest BCUT2D eigenvalue weighted by atomic mass is 9.95. The van der Waals surface area contributed by atoms with Gasteiger partial charge in [-0.2, -0.15) is 0 Å². The molecule has 0 aromatic heterocycles. The molecule has 0 spiro atoms. The Kier molecular flexibility index (Phi) is 6.39. The molecule has 166 valence electrons. The lowest BCUT2D eigenvalue weighted by Crippen LogP contribution is -2.55. The molecule has 0 radical (unpaired) electrons. The van der Waals surface area contributed by atoms with Gasteiger partial charge in [0.1, 0.15) is 17.7 Å². The third-order valence-electron chi connectivity index (χ3n) is 6.62. The van der Waals surface area contributed by atoms with Gasteiger partial charge in [-0.05, 0) is 67.0 Å². The highest BCUT2D eigenvalue weighted by atomic mass is 19.1. The van der Waals surface area contributed by atoms with Gasteiger partial charge in [-0.15, -0.1) is 0 Å². The fourth-order valence-electron chi connectivity index (χ4n) is 4.87. The highest BCUT2D eigenvalue weighted by Crippen LogP contribution is 2.40. The van der Waals surface area contributed by atoms with Crippen molar-refractivity contribution in [3.8, 4) is 0 Å². The zero-order valence-electron chi connectivity index (χ0n) is 18.0. The molecule has 2 bridgehead atoms. The van der Waals surface area contributed by atoms with Crippen LogP contribution in [-0.4, -0.2) is 35.0 Å². The van der Waals surface area contributed by atoms with Crippen LogP contribution in [0, 0.1) is 17.6 Å². The Hall–Kier alpha value is -2.31. The van der Waals surface area contributed by atoms with Crippen LogP contribution in [0.2, 0.25) is 0 Å². The Labute approximate surface area is 182 Å². The number of carbonyl (C=O) groups excluding carboxylic acids is 1. The largest absolute Gasteiger partial charge is 0.365 e. The van der Waals surface area contributed by atoms with Crippen molar-refractivity contribution >= 4 is 5.91 Å². The van der Waals surface area contributed by atoms with Crippen molar-refractivity contribution < 1.29 is 18.3 Å². The molecular weight excluding hydrogens is 398 g/mol. The van der Waals surface area contributed by atoms with E-state index >= 15 is 0 Å². The zero-order valence-corrected chi connectivity index (χ0v) is 18.0. The number of amides is 1. The molecule has 2 saturated heterocycles. The number of nitrogens with zero attached hydrogens (tertiary/aromatic N) is 1. The number of halogens is 2. The Morgan fingerprint density at radius 2 is 1.39 bits per heavy atom. The van der Waals surface area contributed by atoms with Gasteiger partial charge in [0.15, 0.2) is 0 Å². The fourth-order valence-corrected chi connectivity index (χ4v) is 4.87. The number of carbonyl (C=O) groups is 1. The number of nitrogens with two attached hydrogens (primary N) is 1. The van der Waals surface area contributed by atoms with Crippen LogP contribution in [0.25, 0.3) is 0 Å². The molecule has 2 aromatic carbocycles. The van der Waals surface area contributed by atoms with Crippen molar-refractivity contribution in [3.05, 3.63) is 71.3 Å². The molecule has 31 heavy (non-hydrogen) atoms. The third-order valence-corrected chi connectivity index (χ3v) is 6.62. The van der Waals surface area contributed by atoms with Crippen molar-refractivity contribution in [2.24, 2.45) is 11.7 Å². The van der Waals surface area contributed by atoms with Gasteiger partial charge in [0.05, 0.1) is 12.1 Å². The van der Waals surface area contributed by atoms with E-state index in [1.165, 1.54) is 24.3 Å². The molecule has 4 nitrogen and oxygen atoms in total. The van der Waals surface area contributed by atoms with Gasteiger partial charge in [0.25, 0.3) is 0 Å². The van der Waals surface area contributed by atoms with Gasteiger partial charge >= 0.3 is 0 Å². The first-order valence-electron chi connectivity index (χ1n) is 11.1. The van der Waals surface area contributed by atoms with Gasteiger partial charge in [-0.3, -0.25) is 4.79 Å². The second-order valence-corrected chi connectivity index (χ2v) is 9.11. The summed E-state index contributed by atoms with van der Waals surface area (Å²) in [4.78, 5) is 14.9. The second kappa shape index (κ2) is 9.05. The number of fused-ring (bicyclic) bond motifs is 2. The molecule has 0 saturated carbocycles. The Bertz CT molecular complexity index is 841. The first-order chi connectivity index (χ1) is 14.8. The van der Waals surface area contributed by atoms with Crippen LogP contribution in [0.5, 0.6) is 0 Å². The van der Waals surface area contributed by atoms with E-state index in [9.17, 15) is 13.6 Å². The monoisotopic (exact) mass is 428 g/mol. The normalized spacial score (nSPS) is 24.1. The minimum atomic E-state index is -0.480. The van der Waals surface area contributed by atoms with E-state index in [2.05, 4.69) is 0 Å². The number of hydrogen-bond donors (Lipinski definition) is 1. The summed E-state index contributed by atoms with van der Waals surface area (Å²) in [5.41, 5.74) is 7.79. The molecule has 0 aliphatic carbocycles. The molecule has 2 N–H and O–H groups in total. The van der Waals surface area contributed by atoms with Crippen molar-refractivity contribution in [1.82, 2.24) is 4.90 Å². The van der Waals surface area contributed by atoms with E-state index in [4.69, 9.17) is 10.5 Å². The maximum absolute atomic E-state index is 13.5. The molecule has 6 heteroatoms. The summed E-state index contributed by atoms with van der Waals surface area (Å²) in [6, 6.07) is 12.2. The molecule has 2 aliphatic heterocycles. The van der Waals surface area contributed by atoms with Gasteiger partial charge in [-0.25, -0.2) is 8.78 Å². The quantitative estimate of drug-likeness (QED) is 0.733. The SMILES string of the molecule is CC(C)[C@H](N)C(=O)N1[C@@H]2CC[C@H]1CC(OC(c1ccc(F)cc1)c1ccc(F)cc1)C2. The Balaban J connectivity index is 1.53. The highest BCUT2D eigenvalue weighted by Gasteiger charge is 2.45. The molecule has 4 atom stereocenters. The van der Waals surface area contributed by atoms with E-state index in [-0.39, 0.29) is 41.6 Å². The lowest BCUT2D eigenvalue weighted by molar-refractivity contribution is -0.141. The maximum Gasteiger partial charge on any atom is 0.240 e. The summed E-state index contributed by atoms with van der Waals surface area (Å²) in [6.07, 6.45) is 2.93.